The molecule has 2 amide bonds. The highest BCUT2D eigenvalue weighted by Gasteiger charge is 2.36. The molecule has 9 nitrogen and oxygen atoms in total. The quantitative estimate of drug-likeness (QED) is 0.778. The molecule has 1 aliphatic heterocycles. The van der Waals surface area contributed by atoms with Gasteiger partial charge in [0.25, 0.3) is 0 Å². The molecule has 2 rings (SSSR count). The Hall–Kier alpha value is -1.94. The van der Waals surface area contributed by atoms with Gasteiger partial charge in [0.2, 0.25) is 21.8 Å². The molecule has 10 heteroatoms. The molecule has 0 aliphatic carbocycles. The maximum Gasteiger partial charge on any atom is 0.248 e. The summed E-state index contributed by atoms with van der Waals surface area (Å²) in [5.41, 5.74) is 0.325. The number of piperazine rings is 1. The van der Waals surface area contributed by atoms with Gasteiger partial charge >= 0.3 is 0 Å². The van der Waals surface area contributed by atoms with Gasteiger partial charge in [-0.05, 0) is 19.8 Å². The molecule has 1 aromatic rings. The number of rotatable bonds is 5. The summed E-state index contributed by atoms with van der Waals surface area (Å²) in [6.45, 7) is 9.14. The Labute approximate surface area is 153 Å². The van der Waals surface area contributed by atoms with Gasteiger partial charge in [-0.1, -0.05) is 19.0 Å². The van der Waals surface area contributed by atoms with Gasteiger partial charge in [0, 0.05) is 33.1 Å². The lowest BCUT2D eigenvalue weighted by atomic mass is 10.0. The Balaban J connectivity index is 2.09. The molecule has 1 fully saturated rings. The van der Waals surface area contributed by atoms with Crippen LogP contribution < -0.4 is 5.32 Å². The maximum absolute atomic E-state index is 12.8. The van der Waals surface area contributed by atoms with Crippen LogP contribution in [0.25, 0.3) is 0 Å². The van der Waals surface area contributed by atoms with Gasteiger partial charge in [0.15, 0.2) is 5.76 Å². The molecule has 1 unspecified atom stereocenters. The van der Waals surface area contributed by atoms with Gasteiger partial charge < -0.3 is 14.7 Å². The van der Waals surface area contributed by atoms with Crippen LogP contribution in [-0.2, 0) is 19.6 Å². The Morgan fingerprint density at radius 2 is 1.73 bits per heavy atom. The highest BCUT2D eigenvalue weighted by molar-refractivity contribution is 7.89. The van der Waals surface area contributed by atoms with Crippen molar-refractivity contribution in [2.24, 2.45) is 5.92 Å². The lowest BCUT2D eigenvalue weighted by molar-refractivity contribution is -0.138. The predicted molar refractivity (Wildman–Crippen MR) is 93.8 cm³/mol. The molecule has 0 bridgehead atoms. The number of carbonyl (C=O) groups is 2. The third-order valence-electron chi connectivity index (χ3n) is 4.41. The van der Waals surface area contributed by atoms with Crippen molar-refractivity contribution in [1.29, 1.82) is 0 Å². The number of aromatic nitrogens is 1. The van der Waals surface area contributed by atoms with Crippen molar-refractivity contribution >= 4 is 21.8 Å². The van der Waals surface area contributed by atoms with Crippen LogP contribution in [0.5, 0.6) is 0 Å². The van der Waals surface area contributed by atoms with Crippen LogP contribution in [0.1, 0.15) is 32.2 Å². The van der Waals surface area contributed by atoms with Gasteiger partial charge in [-0.15, -0.1) is 0 Å². The van der Waals surface area contributed by atoms with E-state index in [4.69, 9.17) is 4.52 Å². The SMILES string of the molecule is CC(=O)NC(C(=O)N1CCN(S(=O)(=O)c2c(C)noc2C)CC1)C(C)C. The number of nitrogens with zero attached hydrogens (tertiary/aromatic N) is 3. The highest BCUT2D eigenvalue weighted by atomic mass is 32.2. The minimum Gasteiger partial charge on any atom is -0.360 e. The number of hydrogen-bond donors (Lipinski definition) is 1. The van der Waals surface area contributed by atoms with Crippen molar-refractivity contribution in [3.8, 4) is 0 Å². The van der Waals surface area contributed by atoms with E-state index in [2.05, 4.69) is 10.5 Å². The summed E-state index contributed by atoms with van der Waals surface area (Å²) in [6, 6.07) is -0.613. The van der Waals surface area contributed by atoms with Crippen molar-refractivity contribution in [1.82, 2.24) is 19.7 Å². The average molecular weight is 386 g/mol. The molecule has 1 saturated heterocycles. The maximum atomic E-state index is 12.8. The van der Waals surface area contributed by atoms with E-state index in [1.54, 1.807) is 18.7 Å². The van der Waals surface area contributed by atoms with Crippen LogP contribution in [0.15, 0.2) is 9.42 Å². The van der Waals surface area contributed by atoms with Crippen molar-refractivity contribution in [2.45, 2.75) is 45.6 Å². The number of sulfonamides is 1. The molecule has 1 aromatic heterocycles. The molecule has 0 radical (unpaired) electrons. The first-order chi connectivity index (χ1) is 12.1. The summed E-state index contributed by atoms with van der Waals surface area (Å²) in [6.07, 6.45) is 0. The Morgan fingerprint density at radius 3 is 2.15 bits per heavy atom. The summed E-state index contributed by atoms with van der Waals surface area (Å²) >= 11 is 0. The van der Waals surface area contributed by atoms with Crippen LogP contribution in [0, 0.1) is 19.8 Å². The summed E-state index contributed by atoms with van der Waals surface area (Å²) in [4.78, 5) is 25.7. The Morgan fingerprint density at radius 1 is 1.15 bits per heavy atom. The monoisotopic (exact) mass is 386 g/mol. The summed E-state index contributed by atoms with van der Waals surface area (Å²) in [5, 5.41) is 6.38. The third-order valence-corrected chi connectivity index (χ3v) is 6.55. The fraction of sp³-hybridized carbons (Fsp3) is 0.688. The van der Waals surface area contributed by atoms with E-state index in [0.29, 0.717) is 5.69 Å². The lowest BCUT2D eigenvalue weighted by Gasteiger charge is -2.36. The molecule has 0 spiro atoms. The lowest BCUT2D eigenvalue weighted by Crippen LogP contribution is -2.56. The van der Waals surface area contributed by atoms with Gasteiger partial charge in [0.1, 0.15) is 16.6 Å². The van der Waals surface area contributed by atoms with Gasteiger partial charge in [-0.3, -0.25) is 9.59 Å². The molecular formula is C16H26N4O5S. The molecular weight excluding hydrogens is 360 g/mol. The standard InChI is InChI=1S/C16H26N4O5S/c1-10(2)14(17-13(5)21)16(22)19-6-8-20(9-7-19)26(23,24)15-11(3)18-25-12(15)4/h10,14H,6-9H2,1-5H3,(H,17,21). The van der Waals surface area contributed by atoms with Crippen molar-refractivity contribution < 1.29 is 22.5 Å². The number of hydrogen-bond acceptors (Lipinski definition) is 6. The average Bonchev–Trinajstić information content (AvgIpc) is 2.91. The summed E-state index contributed by atoms with van der Waals surface area (Å²) in [7, 11) is -3.72. The van der Waals surface area contributed by atoms with Crippen molar-refractivity contribution in [2.75, 3.05) is 26.2 Å². The molecule has 1 atom stereocenters. The number of nitrogens with one attached hydrogen (secondary N) is 1. The minimum absolute atomic E-state index is 0.0598. The minimum atomic E-state index is -3.72. The van der Waals surface area contributed by atoms with E-state index in [0.717, 1.165) is 0 Å². The molecule has 146 valence electrons. The van der Waals surface area contributed by atoms with Gasteiger partial charge in [0.05, 0.1) is 0 Å². The van der Waals surface area contributed by atoms with Crippen LogP contribution in [0.4, 0.5) is 0 Å². The zero-order valence-electron chi connectivity index (χ0n) is 15.8. The molecule has 1 N–H and O–H groups in total. The Kier molecular flexibility index (Phi) is 6.07. The topological polar surface area (TPSA) is 113 Å². The first-order valence-electron chi connectivity index (χ1n) is 8.54. The molecule has 1 aliphatic rings. The second kappa shape index (κ2) is 7.75. The highest BCUT2D eigenvalue weighted by Crippen LogP contribution is 2.24. The molecule has 26 heavy (non-hydrogen) atoms. The molecule has 2 heterocycles. The number of amides is 2. The van der Waals surface area contributed by atoms with Crippen LogP contribution >= 0.6 is 0 Å². The first-order valence-corrected chi connectivity index (χ1v) is 9.98. The van der Waals surface area contributed by atoms with E-state index in [1.807, 2.05) is 13.8 Å². The van der Waals surface area contributed by atoms with Gasteiger partial charge in [-0.2, -0.15) is 4.31 Å². The van der Waals surface area contributed by atoms with E-state index in [1.165, 1.54) is 11.2 Å². The second-order valence-electron chi connectivity index (χ2n) is 6.80. The zero-order chi connectivity index (χ0) is 19.6. The first kappa shape index (κ1) is 20.4. The van der Waals surface area contributed by atoms with Crippen molar-refractivity contribution in [3.63, 3.8) is 0 Å². The van der Waals surface area contributed by atoms with Crippen molar-refractivity contribution in [3.05, 3.63) is 11.5 Å². The zero-order valence-corrected chi connectivity index (χ0v) is 16.6. The van der Waals surface area contributed by atoms with Gasteiger partial charge in [-0.25, -0.2) is 8.42 Å². The normalized spacial score (nSPS) is 17.4. The largest absolute Gasteiger partial charge is 0.360 e. The van der Waals surface area contributed by atoms with Crippen LogP contribution in [0.3, 0.4) is 0 Å². The van der Waals surface area contributed by atoms with E-state index >= 15 is 0 Å². The predicted octanol–water partition coefficient (Wildman–Crippen LogP) is 0.285. The fourth-order valence-corrected chi connectivity index (χ4v) is 4.76. The number of carbonyl (C=O) groups excluding carboxylic acids is 2. The second-order valence-corrected chi connectivity index (χ2v) is 8.68. The smallest absolute Gasteiger partial charge is 0.248 e. The number of aryl methyl sites for hydroxylation is 2. The van der Waals surface area contributed by atoms with E-state index in [9.17, 15) is 18.0 Å². The molecule has 0 aromatic carbocycles. The summed E-state index contributed by atoms with van der Waals surface area (Å²) < 4.78 is 31.9. The molecule has 0 saturated carbocycles. The van der Waals surface area contributed by atoms with Crippen LogP contribution in [0.2, 0.25) is 0 Å². The van der Waals surface area contributed by atoms with Crippen LogP contribution in [-0.4, -0.2) is 66.8 Å². The third kappa shape index (κ3) is 4.07. The fourth-order valence-electron chi connectivity index (χ4n) is 3.05. The Bertz CT molecular complexity index is 759. The van der Waals surface area contributed by atoms with E-state index in [-0.39, 0.29) is 54.6 Å². The summed E-state index contributed by atoms with van der Waals surface area (Å²) in [5.74, 6) is -0.261. The van der Waals surface area contributed by atoms with E-state index < -0.39 is 16.1 Å².